The van der Waals surface area contributed by atoms with Gasteiger partial charge in [0.2, 0.25) is 5.91 Å². The van der Waals surface area contributed by atoms with Crippen molar-refractivity contribution in [2.24, 2.45) is 5.92 Å². The minimum atomic E-state index is -0.921. The first-order valence-electron chi connectivity index (χ1n) is 4.54. The number of carboxylic acids is 1. The Morgan fingerprint density at radius 2 is 1.93 bits per heavy atom. The van der Waals surface area contributed by atoms with Crippen LogP contribution in [0.25, 0.3) is 0 Å². The van der Waals surface area contributed by atoms with Crippen LogP contribution in [0, 0.1) is 5.92 Å². The Bertz CT molecular complexity index is 203. The molecule has 0 fully saturated rings. The number of carbonyl (C=O) groups excluding carboxylic acids is 1. The van der Waals surface area contributed by atoms with Crippen molar-refractivity contribution in [3.05, 3.63) is 0 Å². The van der Waals surface area contributed by atoms with Gasteiger partial charge in [-0.2, -0.15) is 0 Å². The van der Waals surface area contributed by atoms with E-state index in [1.807, 2.05) is 13.8 Å². The van der Waals surface area contributed by atoms with Crippen molar-refractivity contribution in [1.82, 2.24) is 5.32 Å². The molecule has 14 heavy (non-hydrogen) atoms. The zero-order valence-corrected chi connectivity index (χ0v) is 8.74. The standard InChI is InChI=1S/C9H17NO4/c1-6(2)14-5-8(11)10-4-7(3)9(12)13/h6-7H,4-5H2,1-3H3,(H,10,11)(H,12,13). The number of nitrogens with one attached hydrogen (secondary N) is 1. The largest absolute Gasteiger partial charge is 0.481 e. The molecule has 0 saturated heterocycles. The Hall–Kier alpha value is -1.10. The number of rotatable bonds is 6. The van der Waals surface area contributed by atoms with Gasteiger partial charge in [-0.15, -0.1) is 0 Å². The van der Waals surface area contributed by atoms with Crippen LogP contribution < -0.4 is 5.32 Å². The Balaban J connectivity index is 3.59. The van der Waals surface area contributed by atoms with Gasteiger partial charge in [-0.3, -0.25) is 9.59 Å². The zero-order chi connectivity index (χ0) is 11.1. The van der Waals surface area contributed by atoms with Crippen LogP contribution in [0.3, 0.4) is 0 Å². The van der Waals surface area contributed by atoms with Gasteiger partial charge in [-0.25, -0.2) is 0 Å². The fraction of sp³-hybridized carbons (Fsp3) is 0.778. The second kappa shape index (κ2) is 6.37. The molecule has 1 unspecified atom stereocenters. The van der Waals surface area contributed by atoms with Crippen molar-refractivity contribution in [3.63, 3.8) is 0 Å². The smallest absolute Gasteiger partial charge is 0.308 e. The quantitative estimate of drug-likeness (QED) is 0.648. The number of hydrogen-bond donors (Lipinski definition) is 2. The van der Waals surface area contributed by atoms with Crippen LogP contribution in [0.4, 0.5) is 0 Å². The topological polar surface area (TPSA) is 75.6 Å². The molecule has 0 aromatic heterocycles. The summed E-state index contributed by atoms with van der Waals surface area (Å²) in [6, 6.07) is 0. The molecule has 0 radical (unpaired) electrons. The average Bonchev–Trinajstić information content (AvgIpc) is 2.10. The zero-order valence-electron chi connectivity index (χ0n) is 8.74. The Morgan fingerprint density at radius 3 is 2.36 bits per heavy atom. The van der Waals surface area contributed by atoms with Crippen LogP contribution in [0.2, 0.25) is 0 Å². The normalized spacial score (nSPS) is 12.6. The minimum Gasteiger partial charge on any atom is -0.481 e. The van der Waals surface area contributed by atoms with E-state index < -0.39 is 11.9 Å². The van der Waals surface area contributed by atoms with E-state index in [-0.39, 0.29) is 25.2 Å². The number of aliphatic carboxylic acids is 1. The van der Waals surface area contributed by atoms with Crippen LogP contribution in [0.1, 0.15) is 20.8 Å². The fourth-order valence-corrected chi connectivity index (χ4v) is 0.648. The van der Waals surface area contributed by atoms with E-state index >= 15 is 0 Å². The molecular formula is C9H17NO4. The van der Waals surface area contributed by atoms with Crippen LogP contribution in [-0.4, -0.2) is 36.2 Å². The van der Waals surface area contributed by atoms with E-state index in [0.717, 1.165) is 0 Å². The predicted octanol–water partition coefficient (Wildman–Crippen LogP) is 0.248. The van der Waals surface area contributed by atoms with Crippen molar-refractivity contribution < 1.29 is 19.4 Å². The average molecular weight is 203 g/mol. The first-order valence-corrected chi connectivity index (χ1v) is 4.54. The van der Waals surface area contributed by atoms with Gasteiger partial charge in [0.25, 0.3) is 0 Å². The van der Waals surface area contributed by atoms with Crippen LogP contribution >= 0.6 is 0 Å². The highest BCUT2D eigenvalue weighted by Gasteiger charge is 2.12. The summed E-state index contributed by atoms with van der Waals surface area (Å²) in [5, 5.41) is 11.0. The molecule has 1 amide bonds. The first kappa shape index (κ1) is 12.9. The number of amides is 1. The van der Waals surface area contributed by atoms with Crippen molar-refractivity contribution in [3.8, 4) is 0 Å². The van der Waals surface area contributed by atoms with Gasteiger partial charge >= 0.3 is 5.97 Å². The molecule has 0 aliphatic heterocycles. The van der Waals surface area contributed by atoms with E-state index in [0.29, 0.717) is 0 Å². The number of carboxylic acid groups (broad SMARTS) is 1. The maximum Gasteiger partial charge on any atom is 0.308 e. The summed E-state index contributed by atoms with van der Waals surface area (Å²) in [5.41, 5.74) is 0. The van der Waals surface area contributed by atoms with Crippen LogP contribution in [0.15, 0.2) is 0 Å². The number of hydrogen-bond acceptors (Lipinski definition) is 3. The Morgan fingerprint density at radius 1 is 1.36 bits per heavy atom. The molecule has 0 aliphatic rings. The van der Waals surface area contributed by atoms with Gasteiger partial charge in [0.1, 0.15) is 6.61 Å². The molecule has 0 aliphatic carbocycles. The van der Waals surface area contributed by atoms with Crippen molar-refractivity contribution in [1.29, 1.82) is 0 Å². The van der Waals surface area contributed by atoms with Crippen LogP contribution in [-0.2, 0) is 14.3 Å². The molecule has 1 atom stereocenters. The molecule has 0 aromatic rings. The van der Waals surface area contributed by atoms with E-state index in [9.17, 15) is 9.59 Å². The molecule has 5 nitrogen and oxygen atoms in total. The summed E-state index contributed by atoms with van der Waals surface area (Å²) >= 11 is 0. The number of carbonyl (C=O) groups is 2. The molecule has 5 heteroatoms. The second-order valence-corrected chi connectivity index (χ2v) is 3.40. The summed E-state index contributed by atoms with van der Waals surface area (Å²) in [6.45, 7) is 5.30. The van der Waals surface area contributed by atoms with Gasteiger partial charge < -0.3 is 15.2 Å². The monoisotopic (exact) mass is 203 g/mol. The van der Waals surface area contributed by atoms with E-state index in [1.165, 1.54) is 6.92 Å². The van der Waals surface area contributed by atoms with Crippen LogP contribution in [0.5, 0.6) is 0 Å². The molecule has 0 saturated carbocycles. The van der Waals surface area contributed by atoms with E-state index in [1.54, 1.807) is 0 Å². The highest BCUT2D eigenvalue weighted by Crippen LogP contribution is 1.92. The summed E-state index contributed by atoms with van der Waals surface area (Å²) in [5.74, 6) is -1.78. The maximum absolute atomic E-state index is 11.0. The lowest BCUT2D eigenvalue weighted by molar-refractivity contribution is -0.141. The van der Waals surface area contributed by atoms with Gasteiger partial charge in [0.05, 0.1) is 12.0 Å². The molecule has 0 spiro atoms. The first-order chi connectivity index (χ1) is 6.43. The molecule has 0 aromatic carbocycles. The predicted molar refractivity (Wildman–Crippen MR) is 50.9 cm³/mol. The third-order valence-corrected chi connectivity index (χ3v) is 1.57. The van der Waals surface area contributed by atoms with Crippen molar-refractivity contribution >= 4 is 11.9 Å². The molecule has 2 N–H and O–H groups in total. The molecule has 82 valence electrons. The van der Waals surface area contributed by atoms with E-state index in [4.69, 9.17) is 9.84 Å². The van der Waals surface area contributed by atoms with Gasteiger partial charge in [-0.1, -0.05) is 6.92 Å². The summed E-state index contributed by atoms with van der Waals surface area (Å²) in [6.07, 6.45) is -0.00218. The minimum absolute atomic E-state index is 0.00218. The lowest BCUT2D eigenvalue weighted by atomic mass is 10.2. The maximum atomic E-state index is 11.0. The third kappa shape index (κ3) is 6.42. The lowest BCUT2D eigenvalue weighted by Gasteiger charge is -2.10. The highest BCUT2D eigenvalue weighted by molar-refractivity contribution is 5.78. The van der Waals surface area contributed by atoms with Gasteiger partial charge in [0, 0.05) is 6.54 Å². The SMILES string of the molecule is CC(C)OCC(=O)NCC(C)C(=O)O. The molecule has 0 bridgehead atoms. The summed E-state index contributed by atoms with van der Waals surface area (Å²) in [7, 11) is 0. The van der Waals surface area contributed by atoms with Crippen molar-refractivity contribution in [2.45, 2.75) is 26.9 Å². The fourth-order valence-electron chi connectivity index (χ4n) is 0.648. The summed E-state index contributed by atoms with van der Waals surface area (Å²) < 4.78 is 5.04. The summed E-state index contributed by atoms with van der Waals surface area (Å²) in [4.78, 5) is 21.4. The van der Waals surface area contributed by atoms with Gasteiger partial charge in [-0.05, 0) is 13.8 Å². The van der Waals surface area contributed by atoms with E-state index in [2.05, 4.69) is 5.32 Å². The second-order valence-electron chi connectivity index (χ2n) is 3.40. The van der Waals surface area contributed by atoms with Crippen molar-refractivity contribution in [2.75, 3.05) is 13.2 Å². The van der Waals surface area contributed by atoms with Gasteiger partial charge in [0.15, 0.2) is 0 Å². The highest BCUT2D eigenvalue weighted by atomic mass is 16.5. The molecular weight excluding hydrogens is 186 g/mol. The lowest BCUT2D eigenvalue weighted by Crippen LogP contribution is -2.34. The number of ether oxygens (including phenoxy) is 1. The Labute approximate surface area is 83.4 Å². The third-order valence-electron chi connectivity index (χ3n) is 1.57. The molecule has 0 rings (SSSR count). The molecule has 0 heterocycles. The Kier molecular flexibility index (Phi) is 5.87.